The van der Waals surface area contributed by atoms with Gasteiger partial charge in [-0.3, -0.25) is 9.69 Å². The molecule has 174 valence electrons. The number of hydrogen-bond donors (Lipinski definition) is 1. The highest BCUT2D eigenvalue weighted by Crippen LogP contribution is 2.28. The first kappa shape index (κ1) is 23.6. The number of halogens is 1. The van der Waals surface area contributed by atoms with Crippen molar-refractivity contribution < 1.29 is 22.7 Å². The Kier molecular flexibility index (Phi) is 7.83. The maximum Gasteiger partial charge on any atom is 0.251 e. The van der Waals surface area contributed by atoms with Gasteiger partial charge in [-0.05, 0) is 29.6 Å². The molecule has 2 saturated heterocycles. The third kappa shape index (κ3) is 5.33. The van der Waals surface area contributed by atoms with Crippen molar-refractivity contribution in [3.8, 4) is 0 Å². The number of rotatable bonds is 7. The number of nitrogens with zero attached hydrogens (tertiary/aromatic N) is 2. The van der Waals surface area contributed by atoms with Gasteiger partial charge in [0, 0.05) is 43.2 Å². The summed E-state index contributed by atoms with van der Waals surface area (Å²) in [6.07, 6.45) is 0. The summed E-state index contributed by atoms with van der Waals surface area (Å²) in [7, 11) is -3.81. The number of nitrogens with one attached hydrogen (secondary N) is 1. The lowest BCUT2D eigenvalue weighted by Crippen LogP contribution is -2.43. The molecule has 2 aliphatic rings. The van der Waals surface area contributed by atoms with Crippen LogP contribution >= 0.6 is 22.9 Å². The van der Waals surface area contributed by atoms with Crippen molar-refractivity contribution >= 4 is 38.9 Å². The summed E-state index contributed by atoms with van der Waals surface area (Å²) in [5.74, 6) is -0.338. The number of hydrogen-bond acceptors (Lipinski definition) is 7. The zero-order valence-electron chi connectivity index (χ0n) is 17.5. The number of thiophene rings is 1. The minimum Gasteiger partial charge on any atom is -0.379 e. The summed E-state index contributed by atoms with van der Waals surface area (Å²) in [5.41, 5.74) is 0.258. The van der Waals surface area contributed by atoms with Crippen molar-refractivity contribution in [2.75, 3.05) is 59.2 Å². The van der Waals surface area contributed by atoms with Crippen LogP contribution in [0.15, 0.2) is 40.6 Å². The summed E-state index contributed by atoms with van der Waals surface area (Å²) < 4.78 is 38.1. The molecule has 0 unspecified atom stereocenters. The quantitative estimate of drug-likeness (QED) is 0.628. The molecule has 1 atom stereocenters. The monoisotopic (exact) mass is 499 g/mol. The van der Waals surface area contributed by atoms with Crippen LogP contribution in [0.25, 0.3) is 0 Å². The molecule has 11 heteroatoms. The van der Waals surface area contributed by atoms with Crippen molar-refractivity contribution in [1.82, 2.24) is 14.5 Å². The van der Waals surface area contributed by atoms with E-state index in [1.165, 1.54) is 21.3 Å². The number of ether oxygens (including phenoxy) is 2. The Morgan fingerprint density at radius 3 is 2.44 bits per heavy atom. The number of carbonyl (C=O) groups excluding carboxylic acids is 1. The Bertz CT molecular complexity index is 1020. The molecule has 2 fully saturated rings. The molecular weight excluding hydrogens is 474 g/mol. The van der Waals surface area contributed by atoms with E-state index in [9.17, 15) is 13.2 Å². The lowest BCUT2D eigenvalue weighted by molar-refractivity contribution is 0.0169. The molecule has 0 spiro atoms. The summed E-state index contributed by atoms with van der Waals surface area (Å²) in [6.45, 7) is 4.52. The van der Waals surface area contributed by atoms with Crippen molar-refractivity contribution in [3.63, 3.8) is 0 Å². The van der Waals surface area contributed by atoms with Crippen LogP contribution in [0.4, 0.5) is 0 Å². The molecule has 32 heavy (non-hydrogen) atoms. The summed E-state index contributed by atoms with van der Waals surface area (Å²) in [5, 5.41) is 5.09. The zero-order chi connectivity index (χ0) is 22.6. The maximum absolute atomic E-state index is 13.0. The Balaban J connectivity index is 1.50. The predicted molar refractivity (Wildman–Crippen MR) is 123 cm³/mol. The van der Waals surface area contributed by atoms with Crippen molar-refractivity contribution in [2.45, 2.75) is 10.9 Å². The van der Waals surface area contributed by atoms with Crippen LogP contribution in [0.5, 0.6) is 0 Å². The summed E-state index contributed by atoms with van der Waals surface area (Å²) in [4.78, 5) is 16.4. The van der Waals surface area contributed by atoms with Gasteiger partial charge >= 0.3 is 0 Å². The lowest BCUT2D eigenvalue weighted by atomic mass is 10.1. The van der Waals surface area contributed by atoms with Gasteiger partial charge in [0.2, 0.25) is 10.0 Å². The Labute approximate surface area is 197 Å². The topological polar surface area (TPSA) is 88.2 Å². The van der Waals surface area contributed by atoms with Crippen LogP contribution in [0, 0.1) is 0 Å². The summed E-state index contributed by atoms with van der Waals surface area (Å²) >= 11 is 7.86. The highest BCUT2D eigenvalue weighted by Gasteiger charge is 2.29. The van der Waals surface area contributed by atoms with Crippen molar-refractivity contribution in [3.05, 3.63) is 51.2 Å². The molecule has 1 amide bonds. The van der Waals surface area contributed by atoms with Gasteiger partial charge in [-0.1, -0.05) is 17.7 Å². The van der Waals surface area contributed by atoms with E-state index >= 15 is 0 Å². The van der Waals surface area contributed by atoms with Crippen LogP contribution in [-0.2, 0) is 19.5 Å². The van der Waals surface area contributed by atoms with Crippen LogP contribution in [0.1, 0.15) is 21.3 Å². The van der Waals surface area contributed by atoms with Gasteiger partial charge < -0.3 is 14.8 Å². The van der Waals surface area contributed by atoms with Crippen LogP contribution in [0.3, 0.4) is 0 Å². The van der Waals surface area contributed by atoms with E-state index in [2.05, 4.69) is 16.3 Å². The van der Waals surface area contributed by atoms with Gasteiger partial charge in [0.15, 0.2) is 0 Å². The number of benzene rings is 1. The normalized spacial score (nSPS) is 19.5. The molecule has 4 rings (SSSR count). The van der Waals surface area contributed by atoms with Gasteiger partial charge in [0.25, 0.3) is 5.91 Å². The first-order chi connectivity index (χ1) is 15.5. The van der Waals surface area contributed by atoms with E-state index < -0.39 is 10.0 Å². The van der Waals surface area contributed by atoms with E-state index in [0.29, 0.717) is 33.0 Å². The fraction of sp³-hybridized carbons (Fsp3) is 0.476. The van der Waals surface area contributed by atoms with E-state index in [-0.39, 0.29) is 40.5 Å². The molecule has 1 N–H and O–H groups in total. The van der Waals surface area contributed by atoms with Crippen molar-refractivity contribution in [2.24, 2.45) is 0 Å². The highest BCUT2D eigenvalue weighted by atomic mass is 35.5. The van der Waals surface area contributed by atoms with E-state index in [0.717, 1.165) is 13.1 Å². The van der Waals surface area contributed by atoms with E-state index in [4.69, 9.17) is 21.1 Å². The van der Waals surface area contributed by atoms with Gasteiger partial charge in [-0.25, -0.2) is 8.42 Å². The van der Waals surface area contributed by atoms with E-state index in [1.54, 1.807) is 17.4 Å². The second-order valence-corrected chi connectivity index (χ2v) is 10.8. The molecule has 1 aromatic heterocycles. The molecule has 1 aromatic carbocycles. The van der Waals surface area contributed by atoms with Crippen molar-refractivity contribution in [1.29, 1.82) is 0 Å². The Morgan fingerprint density at radius 2 is 1.78 bits per heavy atom. The van der Waals surface area contributed by atoms with Gasteiger partial charge in [0.1, 0.15) is 4.90 Å². The predicted octanol–water partition coefficient (Wildman–Crippen LogP) is 2.23. The van der Waals surface area contributed by atoms with Gasteiger partial charge in [0.05, 0.1) is 37.5 Å². The molecule has 0 saturated carbocycles. The Hall–Kier alpha value is -1.53. The molecule has 3 heterocycles. The highest BCUT2D eigenvalue weighted by molar-refractivity contribution is 7.89. The molecule has 0 bridgehead atoms. The minimum atomic E-state index is -3.81. The van der Waals surface area contributed by atoms with E-state index in [1.807, 2.05) is 11.4 Å². The number of morpholine rings is 2. The Morgan fingerprint density at radius 1 is 1.09 bits per heavy atom. The number of sulfonamides is 1. The summed E-state index contributed by atoms with van der Waals surface area (Å²) in [6, 6.07) is 8.46. The first-order valence-electron chi connectivity index (χ1n) is 10.5. The van der Waals surface area contributed by atoms with Gasteiger partial charge in [-0.15, -0.1) is 11.3 Å². The fourth-order valence-corrected chi connectivity index (χ4v) is 6.61. The second kappa shape index (κ2) is 10.6. The third-order valence-electron chi connectivity index (χ3n) is 5.60. The minimum absolute atomic E-state index is 0.0340. The average molecular weight is 500 g/mol. The second-order valence-electron chi connectivity index (χ2n) is 7.55. The molecule has 8 nitrogen and oxygen atoms in total. The van der Waals surface area contributed by atoms with Crippen LogP contribution < -0.4 is 5.32 Å². The lowest BCUT2D eigenvalue weighted by Gasteiger charge is -2.34. The molecule has 0 radical (unpaired) electrons. The molecule has 2 aromatic rings. The fourth-order valence-electron chi connectivity index (χ4n) is 3.84. The van der Waals surface area contributed by atoms with Crippen LogP contribution in [-0.4, -0.2) is 82.7 Å². The molecule has 0 aliphatic carbocycles. The molecule has 2 aliphatic heterocycles. The maximum atomic E-state index is 13.0. The zero-order valence-corrected chi connectivity index (χ0v) is 19.9. The van der Waals surface area contributed by atoms with Gasteiger partial charge in [-0.2, -0.15) is 4.31 Å². The van der Waals surface area contributed by atoms with Crippen LogP contribution in [0.2, 0.25) is 5.02 Å². The standard InChI is InChI=1S/C21H26ClN3O5S2/c22-17-4-3-16(14-20(17)32(27,28)25-7-11-30-12-8-25)21(26)23-15-18(19-2-1-13-31-19)24-5-9-29-10-6-24/h1-4,13-14,18H,5-12,15H2,(H,23,26)/t18-/m1/s1. The third-order valence-corrected chi connectivity index (χ3v) is 8.95. The smallest absolute Gasteiger partial charge is 0.251 e. The molecular formula is C21H26ClN3O5S2. The number of carbonyl (C=O) groups is 1. The largest absolute Gasteiger partial charge is 0.379 e. The SMILES string of the molecule is O=C(NC[C@H](c1cccs1)N1CCOCC1)c1ccc(Cl)c(S(=O)(=O)N2CCOCC2)c1. The average Bonchev–Trinajstić information content (AvgIpc) is 3.35. The number of amides is 1. The first-order valence-corrected chi connectivity index (χ1v) is 13.2.